The second-order valence-corrected chi connectivity index (χ2v) is 4.87. The van der Waals surface area contributed by atoms with Crippen LogP contribution in [-0.4, -0.2) is 38.4 Å². The van der Waals surface area contributed by atoms with Crippen molar-refractivity contribution < 1.29 is 28.9 Å². The van der Waals surface area contributed by atoms with Crippen LogP contribution >= 0.6 is 0 Å². The normalized spacial score (nSPS) is 9.88. The number of carbonyl (C=O) groups excluding carboxylic acids is 1. The minimum atomic E-state index is -1.21. The second kappa shape index (κ2) is 7.91. The molecule has 0 atom stereocenters. The number of nitrogens with one attached hydrogen (secondary N) is 2. The molecule has 0 saturated heterocycles. The Hall–Kier alpha value is -3.42. The van der Waals surface area contributed by atoms with Crippen molar-refractivity contribution in [1.82, 2.24) is 0 Å². The number of carboxylic acid groups (broad SMARTS) is 1. The zero-order valence-electron chi connectivity index (χ0n) is 14.0. The molecular formula is C17H18N2O6. The van der Waals surface area contributed by atoms with Crippen molar-refractivity contribution in [2.45, 2.75) is 0 Å². The molecule has 0 unspecified atom stereocenters. The van der Waals surface area contributed by atoms with Crippen LogP contribution in [0.3, 0.4) is 0 Å². The van der Waals surface area contributed by atoms with Gasteiger partial charge in [-0.05, 0) is 24.3 Å². The average Bonchev–Trinajstić information content (AvgIpc) is 2.61. The number of anilines is 2. The van der Waals surface area contributed by atoms with Crippen LogP contribution < -0.4 is 24.8 Å². The van der Waals surface area contributed by atoms with Gasteiger partial charge in [0, 0.05) is 17.8 Å². The van der Waals surface area contributed by atoms with Gasteiger partial charge in [-0.15, -0.1) is 0 Å². The number of methoxy groups -OCH3 is 3. The van der Waals surface area contributed by atoms with Crippen LogP contribution in [0, 0.1) is 0 Å². The summed E-state index contributed by atoms with van der Waals surface area (Å²) in [6.07, 6.45) is 0. The van der Waals surface area contributed by atoms with Crippen LogP contribution in [0.5, 0.6) is 17.2 Å². The van der Waals surface area contributed by atoms with Gasteiger partial charge in [0.05, 0.1) is 32.6 Å². The summed E-state index contributed by atoms with van der Waals surface area (Å²) in [4.78, 5) is 23.6. The van der Waals surface area contributed by atoms with Gasteiger partial charge < -0.3 is 30.0 Å². The number of hydrogen-bond donors (Lipinski definition) is 3. The van der Waals surface area contributed by atoms with E-state index in [0.29, 0.717) is 17.2 Å². The van der Waals surface area contributed by atoms with E-state index in [-0.39, 0.29) is 17.0 Å². The molecule has 3 N–H and O–H groups in total. The summed E-state index contributed by atoms with van der Waals surface area (Å²) in [6, 6.07) is 8.76. The third-order valence-corrected chi connectivity index (χ3v) is 3.35. The Labute approximate surface area is 144 Å². The average molecular weight is 346 g/mol. The molecule has 8 heteroatoms. The monoisotopic (exact) mass is 346 g/mol. The van der Waals surface area contributed by atoms with Gasteiger partial charge in [0.2, 0.25) is 0 Å². The largest absolute Gasteiger partial charge is 0.497 e. The van der Waals surface area contributed by atoms with Crippen LogP contribution in [-0.2, 0) is 0 Å². The standard InChI is InChI=1S/C17H18N2O6/c1-23-11-6-4-10(5-7-11)18-17(22)19-13-9-15(25-3)14(24-2)8-12(13)16(20)21/h4-9H,1-3H3,(H,20,21)(H2,18,19,22). The summed E-state index contributed by atoms with van der Waals surface area (Å²) in [5.74, 6) is -0.00651. The van der Waals surface area contributed by atoms with Gasteiger partial charge in [-0.25, -0.2) is 9.59 Å². The first kappa shape index (κ1) is 17.9. The molecule has 0 heterocycles. The summed E-state index contributed by atoms with van der Waals surface area (Å²) in [5, 5.41) is 14.4. The van der Waals surface area contributed by atoms with E-state index >= 15 is 0 Å². The van der Waals surface area contributed by atoms with E-state index in [9.17, 15) is 14.7 Å². The van der Waals surface area contributed by atoms with Crippen molar-refractivity contribution in [2.75, 3.05) is 32.0 Å². The Kier molecular flexibility index (Phi) is 5.67. The van der Waals surface area contributed by atoms with E-state index in [1.807, 2.05) is 0 Å². The number of carbonyl (C=O) groups is 2. The molecule has 0 bridgehead atoms. The highest BCUT2D eigenvalue weighted by atomic mass is 16.5. The zero-order chi connectivity index (χ0) is 18.4. The van der Waals surface area contributed by atoms with Crippen LogP contribution in [0.25, 0.3) is 0 Å². The van der Waals surface area contributed by atoms with Gasteiger partial charge in [0.15, 0.2) is 11.5 Å². The van der Waals surface area contributed by atoms with Crippen LogP contribution in [0.2, 0.25) is 0 Å². The molecule has 2 rings (SSSR count). The van der Waals surface area contributed by atoms with Gasteiger partial charge in [-0.1, -0.05) is 0 Å². The lowest BCUT2D eigenvalue weighted by Crippen LogP contribution is -2.21. The third kappa shape index (κ3) is 4.31. The van der Waals surface area contributed by atoms with Crippen molar-refractivity contribution in [2.24, 2.45) is 0 Å². The molecule has 0 aliphatic heterocycles. The zero-order valence-corrected chi connectivity index (χ0v) is 14.0. The molecule has 2 aromatic rings. The number of amides is 2. The molecule has 0 fully saturated rings. The van der Waals surface area contributed by atoms with Gasteiger partial charge in [-0.3, -0.25) is 0 Å². The van der Waals surface area contributed by atoms with E-state index < -0.39 is 12.0 Å². The highest BCUT2D eigenvalue weighted by Crippen LogP contribution is 2.33. The molecule has 25 heavy (non-hydrogen) atoms. The topological polar surface area (TPSA) is 106 Å². The lowest BCUT2D eigenvalue weighted by Gasteiger charge is -2.14. The number of hydrogen-bond acceptors (Lipinski definition) is 5. The van der Waals surface area contributed by atoms with Gasteiger partial charge in [0.1, 0.15) is 5.75 Å². The van der Waals surface area contributed by atoms with E-state index in [1.165, 1.54) is 26.4 Å². The second-order valence-electron chi connectivity index (χ2n) is 4.87. The first-order chi connectivity index (χ1) is 12.0. The quantitative estimate of drug-likeness (QED) is 0.742. The van der Waals surface area contributed by atoms with Crippen LogP contribution in [0.4, 0.5) is 16.2 Å². The fraction of sp³-hybridized carbons (Fsp3) is 0.176. The fourth-order valence-corrected chi connectivity index (χ4v) is 2.12. The minimum Gasteiger partial charge on any atom is -0.497 e. The van der Waals surface area contributed by atoms with E-state index in [2.05, 4.69) is 10.6 Å². The number of urea groups is 1. The van der Waals surface area contributed by atoms with Crippen LogP contribution in [0.15, 0.2) is 36.4 Å². The molecule has 2 amide bonds. The first-order valence-electron chi connectivity index (χ1n) is 7.20. The number of rotatable bonds is 6. The van der Waals surface area contributed by atoms with Gasteiger partial charge in [0.25, 0.3) is 0 Å². The predicted octanol–water partition coefficient (Wildman–Crippen LogP) is 3.05. The molecule has 8 nitrogen and oxygen atoms in total. The maximum atomic E-state index is 12.1. The lowest BCUT2D eigenvalue weighted by atomic mass is 10.1. The highest BCUT2D eigenvalue weighted by Gasteiger charge is 2.18. The highest BCUT2D eigenvalue weighted by molar-refractivity contribution is 6.05. The molecule has 0 saturated carbocycles. The third-order valence-electron chi connectivity index (χ3n) is 3.35. The van der Waals surface area contributed by atoms with Crippen LogP contribution in [0.1, 0.15) is 10.4 Å². The SMILES string of the molecule is COc1ccc(NC(=O)Nc2cc(OC)c(OC)cc2C(=O)O)cc1. The summed E-state index contributed by atoms with van der Waals surface area (Å²) >= 11 is 0. The number of carboxylic acids is 1. The number of benzene rings is 2. The smallest absolute Gasteiger partial charge is 0.337 e. The predicted molar refractivity (Wildman–Crippen MR) is 92.1 cm³/mol. The van der Waals surface area contributed by atoms with E-state index in [1.54, 1.807) is 31.4 Å². The maximum Gasteiger partial charge on any atom is 0.337 e. The van der Waals surface area contributed by atoms with Crippen molar-refractivity contribution in [3.05, 3.63) is 42.0 Å². The van der Waals surface area contributed by atoms with E-state index in [4.69, 9.17) is 14.2 Å². The number of aromatic carboxylic acids is 1. The number of ether oxygens (including phenoxy) is 3. The molecule has 0 aromatic heterocycles. The lowest BCUT2D eigenvalue weighted by molar-refractivity contribution is 0.0697. The van der Waals surface area contributed by atoms with Gasteiger partial charge in [-0.2, -0.15) is 0 Å². The molecule has 132 valence electrons. The summed E-state index contributed by atoms with van der Waals surface area (Å²) in [6.45, 7) is 0. The summed E-state index contributed by atoms with van der Waals surface area (Å²) < 4.78 is 15.2. The Morgan fingerprint density at radius 2 is 1.48 bits per heavy atom. The maximum absolute atomic E-state index is 12.1. The van der Waals surface area contributed by atoms with E-state index in [0.717, 1.165) is 0 Å². The Morgan fingerprint density at radius 1 is 0.880 bits per heavy atom. The Morgan fingerprint density at radius 3 is 2.00 bits per heavy atom. The molecule has 2 aromatic carbocycles. The fourth-order valence-electron chi connectivity index (χ4n) is 2.12. The molecule has 0 aliphatic rings. The summed E-state index contributed by atoms with van der Waals surface area (Å²) in [7, 11) is 4.35. The first-order valence-corrected chi connectivity index (χ1v) is 7.20. The van der Waals surface area contributed by atoms with Crippen molar-refractivity contribution >= 4 is 23.4 Å². The minimum absolute atomic E-state index is 0.0798. The molecule has 0 spiro atoms. The van der Waals surface area contributed by atoms with Crippen molar-refractivity contribution in [3.63, 3.8) is 0 Å². The Balaban J connectivity index is 2.22. The molecule has 0 radical (unpaired) electrons. The molecule has 0 aliphatic carbocycles. The molecular weight excluding hydrogens is 328 g/mol. The van der Waals surface area contributed by atoms with Crippen molar-refractivity contribution in [1.29, 1.82) is 0 Å². The van der Waals surface area contributed by atoms with Gasteiger partial charge >= 0.3 is 12.0 Å². The Bertz CT molecular complexity index is 773. The summed E-state index contributed by atoms with van der Waals surface area (Å²) in [5.41, 5.74) is 0.481. The van der Waals surface area contributed by atoms with Crippen molar-refractivity contribution in [3.8, 4) is 17.2 Å².